The normalized spacial score (nSPS) is 21.9. The minimum atomic E-state index is -0.458. The number of ether oxygens (including phenoxy) is 1. The maximum atomic E-state index is 14.9. The number of nitrogens with two attached hydrogens (primary N) is 1. The lowest BCUT2D eigenvalue weighted by Gasteiger charge is -2.27. The summed E-state index contributed by atoms with van der Waals surface area (Å²) in [5.74, 6) is 1.55. The summed E-state index contributed by atoms with van der Waals surface area (Å²) >= 11 is 0. The highest BCUT2D eigenvalue weighted by molar-refractivity contribution is 6.01. The zero-order valence-corrected chi connectivity index (χ0v) is 25.7. The van der Waals surface area contributed by atoms with Crippen molar-refractivity contribution in [3.05, 3.63) is 59.4 Å². The molecule has 2 aromatic carbocycles. The van der Waals surface area contributed by atoms with E-state index in [2.05, 4.69) is 16.0 Å². The lowest BCUT2D eigenvalue weighted by molar-refractivity contribution is -0.115. The molecule has 234 valence electrons. The molecule has 11 heteroatoms. The Morgan fingerprint density at radius 2 is 1.96 bits per heavy atom. The van der Waals surface area contributed by atoms with E-state index in [0.29, 0.717) is 52.0 Å². The number of hydrogen-bond donors (Lipinski definition) is 2. The molecule has 9 rings (SSSR count). The monoisotopic (exact) mass is 619 g/mol. The van der Waals surface area contributed by atoms with E-state index >= 15 is 0 Å². The minimum absolute atomic E-state index is 0.0298. The van der Waals surface area contributed by atoms with Gasteiger partial charge in [0.05, 0.1) is 36.1 Å². The number of benzene rings is 2. The molecule has 1 saturated heterocycles. The molecule has 2 amide bonds. The molecular formula is C35H34FN7O3. The number of aromatic nitrogens is 4. The number of piperidine rings is 1. The van der Waals surface area contributed by atoms with Gasteiger partial charge in [0.15, 0.2) is 5.82 Å². The number of halogens is 1. The summed E-state index contributed by atoms with van der Waals surface area (Å²) in [6.45, 7) is 1.48. The molecule has 5 heterocycles. The van der Waals surface area contributed by atoms with Crippen LogP contribution in [0.25, 0.3) is 44.8 Å². The first-order valence-corrected chi connectivity index (χ1v) is 16.0. The van der Waals surface area contributed by atoms with Crippen molar-refractivity contribution >= 4 is 39.6 Å². The largest absolute Gasteiger partial charge is 0.494 e. The van der Waals surface area contributed by atoms with E-state index in [4.69, 9.17) is 20.4 Å². The predicted octanol–water partition coefficient (Wildman–Crippen LogP) is 4.87. The van der Waals surface area contributed by atoms with Crippen LogP contribution in [-0.4, -0.2) is 61.6 Å². The van der Waals surface area contributed by atoms with Gasteiger partial charge in [0, 0.05) is 48.7 Å². The fourth-order valence-electron chi connectivity index (χ4n) is 7.93. The minimum Gasteiger partial charge on any atom is -0.494 e. The molecule has 3 N–H and O–H groups in total. The van der Waals surface area contributed by atoms with Crippen molar-refractivity contribution in [2.24, 2.45) is 24.6 Å². The topological polar surface area (TPSA) is 120 Å². The van der Waals surface area contributed by atoms with Gasteiger partial charge in [0.25, 0.3) is 5.91 Å². The molecule has 2 aliphatic heterocycles. The van der Waals surface area contributed by atoms with Gasteiger partial charge in [-0.2, -0.15) is 0 Å². The number of nitrogens with zero attached hydrogens (tertiary/aromatic N) is 5. The summed E-state index contributed by atoms with van der Waals surface area (Å²) in [6.07, 6.45) is 4.49. The van der Waals surface area contributed by atoms with E-state index in [1.54, 1.807) is 7.11 Å². The highest BCUT2D eigenvalue weighted by Gasteiger charge is 2.47. The number of likely N-dealkylation sites (tertiary alicyclic amines) is 1. The van der Waals surface area contributed by atoms with Crippen molar-refractivity contribution in [2.45, 2.75) is 50.7 Å². The van der Waals surface area contributed by atoms with E-state index in [0.717, 1.165) is 60.3 Å². The van der Waals surface area contributed by atoms with Crippen molar-refractivity contribution in [3.8, 4) is 28.5 Å². The molecule has 0 spiro atoms. The Morgan fingerprint density at radius 1 is 1.11 bits per heavy atom. The molecule has 2 aliphatic carbocycles. The van der Waals surface area contributed by atoms with Crippen LogP contribution in [0.2, 0.25) is 0 Å². The number of hydrogen-bond acceptors (Lipinski definition) is 6. The smallest absolute Gasteiger partial charge is 0.254 e. The molecule has 10 nitrogen and oxygen atoms in total. The average Bonchev–Trinajstić information content (AvgIpc) is 3.27. The van der Waals surface area contributed by atoms with Gasteiger partial charge < -0.3 is 29.8 Å². The van der Waals surface area contributed by atoms with Gasteiger partial charge >= 0.3 is 0 Å². The van der Waals surface area contributed by atoms with Crippen molar-refractivity contribution in [2.75, 3.05) is 19.0 Å². The number of aryl methyl sites for hydroxylation is 1. The first kappa shape index (κ1) is 27.5. The molecular weight excluding hydrogens is 585 g/mol. The van der Waals surface area contributed by atoms with Crippen LogP contribution in [0, 0.1) is 17.7 Å². The van der Waals surface area contributed by atoms with Crippen molar-refractivity contribution in [1.82, 2.24) is 24.0 Å². The van der Waals surface area contributed by atoms with Crippen LogP contribution in [0.3, 0.4) is 0 Å². The Hall–Kier alpha value is -4.77. The zero-order chi connectivity index (χ0) is 31.4. The molecule has 5 aromatic rings. The number of carbonyl (C=O) groups excluding carboxylic acids is 2. The number of amides is 2. The molecule has 4 aliphatic rings. The van der Waals surface area contributed by atoms with Gasteiger partial charge in [-0.1, -0.05) is 0 Å². The summed E-state index contributed by atoms with van der Waals surface area (Å²) in [5.41, 5.74) is 12.3. The Kier molecular flexibility index (Phi) is 5.90. The Bertz CT molecular complexity index is 2130. The lowest BCUT2D eigenvalue weighted by Crippen LogP contribution is -2.41. The van der Waals surface area contributed by atoms with Crippen LogP contribution < -0.4 is 15.8 Å². The third-order valence-electron chi connectivity index (χ3n) is 10.5. The van der Waals surface area contributed by atoms with E-state index in [1.165, 1.54) is 6.07 Å². The number of rotatable bonds is 6. The maximum Gasteiger partial charge on any atom is 0.254 e. The fourth-order valence-corrected chi connectivity index (χ4v) is 7.93. The molecule has 3 aromatic heterocycles. The highest BCUT2D eigenvalue weighted by Crippen LogP contribution is 2.41. The van der Waals surface area contributed by atoms with Crippen LogP contribution in [0.5, 0.6) is 5.75 Å². The second kappa shape index (κ2) is 9.86. The second-order valence-corrected chi connectivity index (χ2v) is 13.4. The van der Waals surface area contributed by atoms with Crippen LogP contribution in [-0.2, 0) is 24.8 Å². The van der Waals surface area contributed by atoms with Crippen molar-refractivity contribution in [3.63, 3.8) is 0 Å². The molecule has 46 heavy (non-hydrogen) atoms. The third kappa shape index (κ3) is 4.10. The number of methoxy groups -OCH3 is 1. The summed E-state index contributed by atoms with van der Waals surface area (Å²) in [7, 11) is 3.58. The van der Waals surface area contributed by atoms with Crippen LogP contribution in [0.4, 0.5) is 10.1 Å². The van der Waals surface area contributed by atoms with Gasteiger partial charge in [-0.05, 0) is 85.5 Å². The SMILES string of the molecule is COc1cc(C(=O)N2CC3CCC2[C@@H]3N)cc2nc(-c3cc4ccc(-c5cc(F)c6c(c5)CC(=O)N6)nc4n3CC3CC3)n(C)c12. The maximum absolute atomic E-state index is 14.9. The fraction of sp³-hybridized carbons (Fsp3) is 0.371. The van der Waals surface area contributed by atoms with Crippen molar-refractivity contribution < 1.29 is 18.7 Å². The van der Waals surface area contributed by atoms with Crippen LogP contribution >= 0.6 is 0 Å². The number of anilines is 1. The molecule has 2 unspecified atom stereocenters. The van der Waals surface area contributed by atoms with E-state index in [9.17, 15) is 14.0 Å². The standard InChI is InChI=1S/C35H34FN7O3/c1-41-32-25(11-22(13-28(32)46-2)35(45)43-16-19-6-8-26(43)30(19)37)39-34(41)27-12-18-5-7-24(38-33(18)42(27)15-17-3-4-17)20-9-21-14-29(44)40-31(21)23(36)10-20/h5,7,9-13,17,19,26,30H,3-4,6,8,14-16,37H2,1-2H3,(H,40,44)/t19?,26?,30-/m1/s1. The van der Waals surface area contributed by atoms with E-state index < -0.39 is 5.82 Å². The molecule has 0 radical (unpaired) electrons. The van der Waals surface area contributed by atoms with Gasteiger partial charge in [-0.25, -0.2) is 14.4 Å². The Balaban J connectivity index is 1.15. The number of nitrogens with one attached hydrogen (secondary N) is 1. The van der Waals surface area contributed by atoms with Crippen LogP contribution in [0.1, 0.15) is 41.6 Å². The average molecular weight is 620 g/mol. The molecule has 2 saturated carbocycles. The van der Waals surface area contributed by atoms with Gasteiger partial charge in [0.1, 0.15) is 22.7 Å². The molecule has 2 bridgehead atoms. The van der Waals surface area contributed by atoms with E-state index in [-0.39, 0.29) is 36.0 Å². The zero-order valence-electron chi connectivity index (χ0n) is 25.7. The quantitative estimate of drug-likeness (QED) is 0.280. The number of carbonyl (C=O) groups is 2. The molecule has 3 atom stereocenters. The van der Waals surface area contributed by atoms with Crippen LogP contribution in [0.15, 0.2) is 42.5 Å². The van der Waals surface area contributed by atoms with Crippen molar-refractivity contribution in [1.29, 1.82) is 0 Å². The first-order valence-electron chi connectivity index (χ1n) is 16.0. The first-order chi connectivity index (χ1) is 22.3. The van der Waals surface area contributed by atoms with E-state index in [1.807, 2.05) is 46.8 Å². The Morgan fingerprint density at radius 3 is 2.70 bits per heavy atom. The lowest BCUT2D eigenvalue weighted by atomic mass is 10.0. The summed E-state index contributed by atoms with van der Waals surface area (Å²) in [5, 5.41) is 3.56. The number of imidazole rings is 1. The summed E-state index contributed by atoms with van der Waals surface area (Å²) in [6, 6.07) is 13.1. The third-order valence-corrected chi connectivity index (χ3v) is 10.5. The predicted molar refractivity (Wildman–Crippen MR) is 172 cm³/mol. The van der Waals surface area contributed by atoms with Gasteiger partial charge in [-0.15, -0.1) is 0 Å². The highest BCUT2D eigenvalue weighted by atomic mass is 19.1. The second-order valence-electron chi connectivity index (χ2n) is 13.4. The number of pyridine rings is 1. The number of fused-ring (bicyclic) bond motifs is 5. The van der Waals surface area contributed by atoms with Gasteiger partial charge in [-0.3, -0.25) is 9.59 Å². The Labute approximate surface area is 264 Å². The summed E-state index contributed by atoms with van der Waals surface area (Å²) in [4.78, 5) is 37.7. The summed E-state index contributed by atoms with van der Waals surface area (Å²) < 4.78 is 25.0. The van der Waals surface area contributed by atoms with Gasteiger partial charge in [0.2, 0.25) is 5.91 Å². The molecule has 3 fully saturated rings.